The minimum atomic E-state index is -0.235. The maximum atomic E-state index is 11.7. The van der Waals surface area contributed by atoms with Gasteiger partial charge in [-0.25, -0.2) is 5.43 Å². The lowest BCUT2D eigenvalue weighted by Gasteiger charge is -2.03. The third-order valence-electron chi connectivity index (χ3n) is 2.94. The topological polar surface area (TPSA) is 61.7 Å². The molecule has 0 saturated carbocycles. The molecule has 0 aliphatic heterocycles. The highest BCUT2D eigenvalue weighted by molar-refractivity contribution is 6.30. The summed E-state index contributed by atoms with van der Waals surface area (Å²) in [6.45, 7) is 1.80. The number of hydrogen-bond acceptors (Lipinski definition) is 3. The molecule has 0 radical (unpaired) electrons. The molecule has 1 amide bonds. The minimum absolute atomic E-state index is 0.160. The van der Waals surface area contributed by atoms with Crippen LogP contribution in [0.4, 0.5) is 0 Å². The zero-order valence-corrected chi connectivity index (χ0v) is 12.3. The number of aryl methyl sites for hydroxylation is 1. The molecule has 0 fully saturated rings. The minimum Gasteiger partial charge on any atom is -0.507 e. The highest BCUT2D eigenvalue weighted by Crippen LogP contribution is 2.19. The molecule has 0 saturated heterocycles. The first kappa shape index (κ1) is 15.1. The largest absolute Gasteiger partial charge is 0.507 e. The van der Waals surface area contributed by atoms with Gasteiger partial charge in [0, 0.05) is 10.6 Å². The van der Waals surface area contributed by atoms with E-state index >= 15 is 0 Å². The molecule has 4 nitrogen and oxygen atoms in total. The zero-order valence-electron chi connectivity index (χ0n) is 11.5. The van der Waals surface area contributed by atoms with Gasteiger partial charge in [-0.3, -0.25) is 4.79 Å². The van der Waals surface area contributed by atoms with Crippen molar-refractivity contribution < 1.29 is 9.90 Å². The van der Waals surface area contributed by atoms with E-state index in [1.54, 1.807) is 43.3 Å². The highest BCUT2D eigenvalue weighted by atomic mass is 35.5. The standard InChI is InChI=1S/C16H15ClN2O2/c1-11-3-2-4-13(16(11)21)10-18-19-15(20)9-12-5-7-14(17)8-6-12/h2-8,10,21H,9H2,1H3,(H,19,20)/b18-10-. The van der Waals surface area contributed by atoms with Crippen molar-refractivity contribution in [3.63, 3.8) is 0 Å². The molecule has 0 aliphatic carbocycles. The summed E-state index contributed by atoms with van der Waals surface area (Å²) in [5.41, 5.74) is 4.59. The Morgan fingerprint density at radius 3 is 2.71 bits per heavy atom. The van der Waals surface area contributed by atoms with Gasteiger partial charge in [-0.2, -0.15) is 5.10 Å². The van der Waals surface area contributed by atoms with Gasteiger partial charge in [0.15, 0.2) is 0 Å². The van der Waals surface area contributed by atoms with Gasteiger partial charge in [-0.05, 0) is 36.2 Å². The van der Waals surface area contributed by atoms with Crippen molar-refractivity contribution in [2.75, 3.05) is 0 Å². The number of phenolic OH excluding ortho intramolecular Hbond substituents is 1. The van der Waals surface area contributed by atoms with Gasteiger partial charge in [-0.1, -0.05) is 35.9 Å². The number of nitrogens with zero attached hydrogens (tertiary/aromatic N) is 1. The maximum Gasteiger partial charge on any atom is 0.244 e. The van der Waals surface area contributed by atoms with Crippen molar-refractivity contribution in [3.8, 4) is 5.75 Å². The van der Waals surface area contributed by atoms with E-state index < -0.39 is 0 Å². The number of rotatable bonds is 4. The van der Waals surface area contributed by atoms with E-state index in [1.807, 2.05) is 6.07 Å². The van der Waals surface area contributed by atoms with E-state index in [2.05, 4.69) is 10.5 Å². The fraction of sp³-hybridized carbons (Fsp3) is 0.125. The summed E-state index contributed by atoms with van der Waals surface area (Å²) in [6.07, 6.45) is 1.64. The van der Waals surface area contributed by atoms with Crippen LogP contribution < -0.4 is 5.43 Å². The molecule has 21 heavy (non-hydrogen) atoms. The summed E-state index contributed by atoms with van der Waals surface area (Å²) < 4.78 is 0. The van der Waals surface area contributed by atoms with Gasteiger partial charge in [0.2, 0.25) is 5.91 Å². The van der Waals surface area contributed by atoms with Gasteiger partial charge in [-0.15, -0.1) is 0 Å². The molecule has 2 rings (SSSR count). The van der Waals surface area contributed by atoms with Crippen molar-refractivity contribution in [2.24, 2.45) is 5.10 Å². The van der Waals surface area contributed by atoms with E-state index in [4.69, 9.17) is 11.6 Å². The first-order valence-electron chi connectivity index (χ1n) is 6.41. The third-order valence-corrected chi connectivity index (χ3v) is 3.19. The molecule has 0 atom stereocenters. The summed E-state index contributed by atoms with van der Waals surface area (Å²) in [5, 5.41) is 14.3. The number of hydrogen-bond donors (Lipinski definition) is 2. The lowest BCUT2D eigenvalue weighted by molar-refractivity contribution is -0.120. The second kappa shape index (κ2) is 6.90. The predicted molar refractivity (Wildman–Crippen MR) is 83.7 cm³/mol. The van der Waals surface area contributed by atoms with Gasteiger partial charge in [0.25, 0.3) is 0 Å². The molecule has 108 valence electrons. The molecule has 5 heteroatoms. The number of amides is 1. The molecule has 2 aromatic carbocycles. The van der Waals surface area contributed by atoms with E-state index in [-0.39, 0.29) is 18.1 Å². The molecule has 0 spiro atoms. The average molecular weight is 303 g/mol. The number of hydrazone groups is 1. The van der Waals surface area contributed by atoms with Gasteiger partial charge >= 0.3 is 0 Å². The summed E-state index contributed by atoms with van der Waals surface area (Å²) in [5.74, 6) is -0.0751. The van der Waals surface area contributed by atoms with Crippen molar-refractivity contribution >= 4 is 23.7 Å². The number of nitrogens with one attached hydrogen (secondary N) is 1. The van der Waals surface area contributed by atoms with Crippen LogP contribution >= 0.6 is 11.6 Å². The Hall–Kier alpha value is -2.33. The molecule has 0 aromatic heterocycles. The van der Waals surface area contributed by atoms with Crippen LogP contribution in [0.5, 0.6) is 5.75 Å². The van der Waals surface area contributed by atoms with Crippen LogP contribution in [0, 0.1) is 6.92 Å². The first-order valence-corrected chi connectivity index (χ1v) is 6.79. The van der Waals surface area contributed by atoms with E-state index in [0.29, 0.717) is 10.6 Å². The smallest absolute Gasteiger partial charge is 0.244 e. The van der Waals surface area contributed by atoms with Gasteiger partial charge < -0.3 is 5.11 Å². The fourth-order valence-electron chi connectivity index (χ4n) is 1.79. The number of carbonyl (C=O) groups excluding carboxylic acids is 1. The molecule has 2 N–H and O–H groups in total. The number of phenols is 1. The Labute approximate surface area is 128 Å². The summed E-state index contributed by atoms with van der Waals surface area (Å²) in [7, 11) is 0. The van der Waals surface area contributed by atoms with Crippen LogP contribution in [0.3, 0.4) is 0 Å². The number of para-hydroxylation sites is 1. The maximum absolute atomic E-state index is 11.7. The lowest BCUT2D eigenvalue weighted by atomic mass is 10.1. The van der Waals surface area contributed by atoms with Crippen molar-refractivity contribution in [2.45, 2.75) is 13.3 Å². The third kappa shape index (κ3) is 4.33. The van der Waals surface area contributed by atoms with Crippen LogP contribution in [-0.4, -0.2) is 17.2 Å². The Bertz CT molecular complexity index is 666. The summed E-state index contributed by atoms with van der Waals surface area (Å²) in [6, 6.07) is 12.4. The quantitative estimate of drug-likeness (QED) is 0.673. The second-order valence-electron chi connectivity index (χ2n) is 4.61. The number of aromatic hydroxyl groups is 1. The van der Waals surface area contributed by atoms with Gasteiger partial charge in [0.1, 0.15) is 5.75 Å². The number of halogens is 1. The van der Waals surface area contributed by atoms with E-state index in [9.17, 15) is 9.90 Å². The normalized spacial score (nSPS) is 10.8. The van der Waals surface area contributed by atoms with E-state index in [0.717, 1.165) is 11.1 Å². The summed E-state index contributed by atoms with van der Waals surface area (Å²) in [4.78, 5) is 11.7. The van der Waals surface area contributed by atoms with Crippen molar-refractivity contribution in [1.29, 1.82) is 0 Å². The summed E-state index contributed by atoms with van der Waals surface area (Å²) >= 11 is 5.78. The van der Waals surface area contributed by atoms with Crippen LogP contribution in [0.2, 0.25) is 5.02 Å². The molecular formula is C16H15ClN2O2. The molecule has 0 bridgehead atoms. The molecule has 0 aliphatic rings. The predicted octanol–water partition coefficient (Wildman–Crippen LogP) is 3.05. The zero-order chi connectivity index (χ0) is 15.2. The van der Waals surface area contributed by atoms with Crippen LogP contribution in [0.15, 0.2) is 47.6 Å². The molecular weight excluding hydrogens is 288 g/mol. The molecule has 2 aromatic rings. The monoisotopic (exact) mass is 302 g/mol. The van der Waals surface area contributed by atoms with E-state index in [1.165, 1.54) is 6.21 Å². The van der Waals surface area contributed by atoms with Crippen LogP contribution in [-0.2, 0) is 11.2 Å². The Kier molecular flexibility index (Phi) is 4.95. The second-order valence-corrected chi connectivity index (χ2v) is 5.05. The molecule has 0 heterocycles. The fourth-order valence-corrected chi connectivity index (χ4v) is 1.91. The van der Waals surface area contributed by atoms with Crippen molar-refractivity contribution in [1.82, 2.24) is 5.43 Å². The average Bonchev–Trinajstić information content (AvgIpc) is 2.46. The first-order chi connectivity index (χ1) is 10.1. The Balaban J connectivity index is 1.93. The van der Waals surface area contributed by atoms with Gasteiger partial charge in [0.05, 0.1) is 12.6 Å². The lowest BCUT2D eigenvalue weighted by Crippen LogP contribution is -2.19. The Morgan fingerprint density at radius 2 is 2.00 bits per heavy atom. The van der Waals surface area contributed by atoms with Crippen molar-refractivity contribution in [3.05, 3.63) is 64.2 Å². The highest BCUT2D eigenvalue weighted by Gasteiger charge is 2.03. The number of carbonyl (C=O) groups is 1. The molecule has 0 unspecified atom stereocenters. The SMILES string of the molecule is Cc1cccc(/C=N\NC(=O)Cc2ccc(Cl)cc2)c1O. The van der Waals surface area contributed by atoms with Crippen LogP contribution in [0.1, 0.15) is 16.7 Å². The van der Waals surface area contributed by atoms with Crippen LogP contribution in [0.25, 0.3) is 0 Å². The Morgan fingerprint density at radius 1 is 1.29 bits per heavy atom. The number of benzene rings is 2.